The van der Waals surface area contributed by atoms with Gasteiger partial charge in [0.1, 0.15) is 16.6 Å². The Labute approximate surface area is 115 Å². The van der Waals surface area contributed by atoms with Crippen molar-refractivity contribution < 1.29 is 13.9 Å². The van der Waals surface area contributed by atoms with Crippen LogP contribution in [0.25, 0.3) is 0 Å². The molecule has 19 heavy (non-hydrogen) atoms. The SMILES string of the molecule is COc1ccccc1Oc1ccc(F)cc1C(N)=S. The Hall–Kier alpha value is -2.14. The zero-order valence-electron chi connectivity index (χ0n) is 10.2. The number of ether oxygens (including phenoxy) is 2. The van der Waals surface area contributed by atoms with E-state index in [0.717, 1.165) is 0 Å². The second-order valence-electron chi connectivity index (χ2n) is 3.76. The molecule has 5 heteroatoms. The number of thiocarbonyl (C=S) groups is 1. The summed E-state index contributed by atoms with van der Waals surface area (Å²) >= 11 is 4.89. The van der Waals surface area contributed by atoms with E-state index >= 15 is 0 Å². The van der Waals surface area contributed by atoms with E-state index in [2.05, 4.69) is 0 Å². The zero-order valence-corrected chi connectivity index (χ0v) is 11.0. The Morgan fingerprint density at radius 2 is 1.79 bits per heavy atom. The van der Waals surface area contributed by atoms with Crippen molar-refractivity contribution >= 4 is 17.2 Å². The molecule has 2 N–H and O–H groups in total. The summed E-state index contributed by atoms with van der Waals surface area (Å²) < 4.78 is 24.1. The van der Waals surface area contributed by atoms with Crippen molar-refractivity contribution in [3.05, 3.63) is 53.8 Å². The van der Waals surface area contributed by atoms with E-state index in [1.54, 1.807) is 19.2 Å². The fourth-order valence-electron chi connectivity index (χ4n) is 1.61. The molecular weight excluding hydrogens is 265 g/mol. The summed E-state index contributed by atoms with van der Waals surface area (Å²) in [5.74, 6) is 1.04. The molecule has 0 radical (unpaired) electrons. The number of nitrogens with two attached hydrogens (primary N) is 1. The van der Waals surface area contributed by atoms with Crippen molar-refractivity contribution in [1.82, 2.24) is 0 Å². The summed E-state index contributed by atoms with van der Waals surface area (Å²) in [4.78, 5) is 0.0735. The van der Waals surface area contributed by atoms with Crippen molar-refractivity contribution in [3.8, 4) is 17.2 Å². The fourth-order valence-corrected chi connectivity index (χ4v) is 1.76. The molecule has 0 bridgehead atoms. The van der Waals surface area contributed by atoms with Crippen LogP contribution in [-0.2, 0) is 0 Å². The average molecular weight is 277 g/mol. The summed E-state index contributed by atoms with van der Waals surface area (Å²) in [5, 5.41) is 0. The normalized spacial score (nSPS) is 10.0. The first kappa shape index (κ1) is 13.3. The summed E-state index contributed by atoms with van der Waals surface area (Å²) in [7, 11) is 1.54. The molecule has 0 amide bonds. The van der Waals surface area contributed by atoms with E-state index in [9.17, 15) is 4.39 Å². The van der Waals surface area contributed by atoms with E-state index in [-0.39, 0.29) is 4.99 Å². The first-order valence-corrected chi connectivity index (χ1v) is 5.93. The number of hydrogen-bond donors (Lipinski definition) is 1. The zero-order chi connectivity index (χ0) is 13.8. The lowest BCUT2D eigenvalue weighted by Crippen LogP contribution is -2.11. The monoisotopic (exact) mass is 277 g/mol. The smallest absolute Gasteiger partial charge is 0.169 e. The largest absolute Gasteiger partial charge is 0.493 e. The van der Waals surface area contributed by atoms with Crippen LogP contribution in [0.3, 0.4) is 0 Å². The predicted octanol–water partition coefficient (Wildman–Crippen LogP) is 3.26. The Morgan fingerprint density at radius 3 is 2.42 bits per heavy atom. The maximum absolute atomic E-state index is 13.2. The summed E-state index contributed by atoms with van der Waals surface area (Å²) in [6.45, 7) is 0. The van der Waals surface area contributed by atoms with Gasteiger partial charge in [-0.25, -0.2) is 4.39 Å². The maximum atomic E-state index is 13.2. The average Bonchev–Trinajstić information content (AvgIpc) is 2.41. The first-order valence-electron chi connectivity index (χ1n) is 5.52. The van der Waals surface area contributed by atoms with Crippen molar-refractivity contribution in [1.29, 1.82) is 0 Å². The highest BCUT2D eigenvalue weighted by atomic mass is 32.1. The molecule has 98 valence electrons. The number of halogens is 1. The predicted molar refractivity (Wildman–Crippen MR) is 75.4 cm³/mol. The van der Waals surface area contributed by atoms with E-state index in [1.807, 2.05) is 12.1 Å². The van der Waals surface area contributed by atoms with Crippen LogP contribution in [-0.4, -0.2) is 12.1 Å². The lowest BCUT2D eigenvalue weighted by molar-refractivity contribution is 0.378. The Bertz CT molecular complexity index is 616. The topological polar surface area (TPSA) is 44.5 Å². The van der Waals surface area contributed by atoms with Gasteiger partial charge in [0.15, 0.2) is 11.5 Å². The third kappa shape index (κ3) is 3.00. The fraction of sp³-hybridized carbons (Fsp3) is 0.0714. The van der Waals surface area contributed by atoms with E-state index in [0.29, 0.717) is 22.8 Å². The van der Waals surface area contributed by atoms with Gasteiger partial charge < -0.3 is 15.2 Å². The van der Waals surface area contributed by atoms with Gasteiger partial charge in [-0.15, -0.1) is 0 Å². The van der Waals surface area contributed by atoms with Gasteiger partial charge in [-0.1, -0.05) is 24.4 Å². The van der Waals surface area contributed by atoms with Crippen LogP contribution in [0.4, 0.5) is 4.39 Å². The molecule has 0 aromatic heterocycles. The number of hydrogen-bond acceptors (Lipinski definition) is 3. The van der Waals surface area contributed by atoms with E-state index in [4.69, 9.17) is 27.4 Å². The number of benzene rings is 2. The highest BCUT2D eigenvalue weighted by Gasteiger charge is 2.11. The van der Waals surface area contributed by atoms with Crippen LogP contribution in [0.5, 0.6) is 17.2 Å². The third-order valence-corrected chi connectivity index (χ3v) is 2.72. The molecule has 0 aliphatic rings. The van der Waals surface area contributed by atoms with Gasteiger partial charge >= 0.3 is 0 Å². The lowest BCUT2D eigenvalue weighted by atomic mass is 10.2. The van der Waals surface area contributed by atoms with Crippen molar-refractivity contribution in [2.24, 2.45) is 5.73 Å². The second kappa shape index (κ2) is 5.67. The van der Waals surface area contributed by atoms with Gasteiger partial charge in [-0.05, 0) is 30.3 Å². The minimum Gasteiger partial charge on any atom is -0.493 e. The minimum atomic E-state index is -0.421. The molecule has 2 aromatic rings. The Balaban J connectivity index is 2.41. The maximum Gasteiger partial charge on any atom is 0.169 e. The molecule has 0 spiro atoms. The van der Waals surface area contributed by atoms with Gasteiger partial charge in [-0.2, -0.15) is 0 Å². The Kier molecular flexibility index (Phi) is 3.97. The summed E-state index contributed by atoms with van der Waals surface area (Å²) in [5.41, 5.74) is 5.91. The van der Waals surface area contributed by atoms with Crippen LogP contribution < -0.4 is 15.2 Å². The number of para-hydroxylation sites is 2. The van der Waals surface area contributed by atoms with Gasteiger partial charge in [0.2, 0.25) is 0 Å². The second-order valence-corrected chi connectivity index (χ2v) is 4.20. The molecule has 0 aliphatic heterocycles. The molecular formula is C14H12FNO2S. The van der Waals surface area contributed by atoms with Gasteiger partial charge in [0, 0.05) is 0 Å². The summed E-state index contributed by atoms with van der Waals surface area (Å²) in [6, 6.07) is 11.1. The van der Waals surface area contributed by atoms with Crippen LogP contribution in [0.2, 0.25) is 0 Å². The molecule has 0 aliphatic carbocycles. The molecule has 2 aromatic carbocycles. The van der Waals surface area contributed by atoms with Crippen LogP contribution in [0, 0.1) is 5.82 Å². The standard InChI is InChI=1S/C14H12FNO2S/c1-17-12-4-2-3-5-13(12)18-11-7-6-9(15)8-10(11)14(16)19/h2-8H,1H3,(H2,16,19). The van der Waals surface area contributed by atoms with Crippen molar-refractivity contribution in [2.75, 3.05) is 7.11 Å². The van der Waals surface area contributed by atoms with Crippen LogP contribution in [0.15, 0.2) is 42.5 Å². The number of rotatable bonds is 4. The number of methoxy groups -OCH3 is 1. The quantitative estimate of drug-likeness (QED) is 0.871. The molecule has 0 unspecified atom stereocenters. The minimum absolute atomic E-state index is 0.0735. The van der Waals surface area contributed by atoms with Gasteiger partial charge in [0.05, 0.1) is 12.7 Å². The first-order chi connectivity index (χ1) is 9.11. The highest BCUT2D eigenvalue weighted by molar-refractivity contribution is 7.80. The van der Waals surface area contributed by atoms with E-state index < -0.39 is 5.82 Å². The highest BCUT2D eigenvalue weighted by Crippen LogP contribution is 2.32. The molecule has 0 saturated heterocycles. The third-order valence-electron chi connectivity index (χ3n) is 2.50. The van der Waals surface area contributed by atoms with E-state index in [1.165, 1.54) is 18.2 Å². The van der Waals surface area contributed by atoms with Gasteiger partial charge in [0.25, 0.3) is 0 Å². The molecule has 0 atom stereocenters. The van der Waals surface area contributed by atoms with Crippen LogP contribution >= 0.6 is 12.2 Å². The molecule has 0 fully saturated rings. The molecule has 0 heterocycles. The Morgan fingerprint density at radius 1 is 1.11 bits per heavy atom. The van der Waals surface area contributed by atoms with Gasteiger partial charge in [-0.3, -0.25) is 0 Å². The molecule has 0 saturated carbocycles. The van der Waals surface area contributed by atoms with Crippen molar-refractivity contribution in [3.63, 3.8) is 0 Å². The van der Waals surface area contributed by atoms with Crippen molar-refractivity contribution in [2.45, 2.75) is 0 Å². The lowest BCUT2D eigenvalue weighted by Gasteiger charge is -2.12. The van der Waals surface area contributed by atoms with Crippen LogP contribution in [0.1, 0.15) is 5.56 Å². The summed E-state index contributed by atoms with van der Waals surface area (Å²) in [6.07, 6.45) is 0. The molecule has 2 rings (SSSR count). The molecule has 3 nitrogen and oxygen atoms in total.